The fourth-order valence-electron chi connectivity index (χ4n) is 1.23. The Bertz CT molecular complexity index is 406. The molecule has 0 aliphatic rings. The van der Waals surface area contributed by atoms with E-state index in [9.17, 15) is 0 Å². The van der Waals surface area contributed by atoms with Crippen LogP contribution in [0.15, 0.2) is 28.9 Å². The van der Waals surface area contributed by atoms with Gasteiger partial charge in [-0.05, 0) is 12.1 Å². The Labute approximate surface area is 69.4 Å². The number of fused-ring (bicyclic) bond motifs is 1. The molecule has 0 spiro atoms. The molecule has 0 fully saturated rings. The number of nitrogens with two attached hydrogens (primary N) is 1. The second-order valence-corrected chi connectivity index (χ2v) is 2.65. The molecule has 62 valence electrons. The number of phenols is 1. The summed E-state index contributed by atoms with van der Waals surface area (Å²) in [6.45, 7) is 0.456. The third-order valence-corrected chi connectivity index (χ3v) is 1.86. The van der Waals surface area contributed by atoms with Crippen LogP contribution in [0.1, 0.15) is 5.56 Å². The molecule has 0 bridgehead atoms. The van der Waals surface area contributed by atoms with Gasteiger partial charge in [0.05, 0.1) is 6.26 Å². The maximum Gasteiger partial charge on any atom is 0.137 e. The molecule has 3 nitrogen and oxygen atoms in total. The smallest absolute Gasteiger partial charge is 0.137 e. The first-order valence-electron chi connectivity index (χ1n) is 3.70. The molecule has 0 radical (unpaired) electrons. The van der Waals surface area contributed by atoms with Crippen molar-refractivity contribution < 1.29 is 9.52 Å². The van der Waals surface area contributed by atoms with Gasteiger partial charge in [-0.3, -0.25) is 0 Å². The number of rotatable bonds is 1. The van der Waals surface area contributed by atoms with Crippen molar-refractivity contribution in [3.8, 4) is 5.75 Å². The molecule has 0 atom stereocenters. The minimum atomic E-state index is 0.209. The summed E-state index contributed by atoms with van der Waals surface area (Å²) in [4.78, 5) is 0. The molecular weight excluding hydrogens is 154 g/mol. The Kier molecular flexibility index (Phi) is 1.52. The van der Waals surface area contributed by atoms with Crippen molar-refractivity contribution in [2.24, 2.45) is 5.73 Å². The van der Waals surface area contributed by atoms with E-state index >= 15 is 0 Å². The number of benzene rings is 1. The van der Waals surface area contributed by atoms with Crippen molar-refractivity contribution >= 4 is 11.0 Å². The van der Waals surface area contributed by atoms with Gasteiger partial charge in [0.1, 0.15) is 11.3 Å². The average molecular weight is 163 g/mol. The lowest BCUT2D eigenvalue weighted by Crippen LogP contribution is -1.93. The summed E-state index contributed by atoms with van der Waals surface area (Å²) in [5.41, 5.74) is 7.12. The third-order valence-electron chi connectivity index (χ3n) is 1.86. The first-order valence-corrected chi connectivity index (χ1v) is 3.70. The average Bonchev–Trinajstić information content (AvgIpc) is 2.46. The lowest BCUT2D eigenvalue weighted by molar-refractivity contribution is 0.474. The molecule has 2 rings (SSSR count). The van der Waals surface area contributed by atoms with Crippen molar-refractivity contribution in [2.75, 3.05) is 0 Å². The highest BCUT2D eigenvalue weighted by Crippen LogP contribution is 2.24. The van der Waals surface area contributed by atoms with Gasteiger partial charge in [-0.25, -0.2) is 0 Å². The molecule has 1 heterocycles. The SMILES string of the molecule is NCc1coc2cc(O)ccc12. The highest BCUT2D eigenvalue weighted by atomic mass is 16.3. The molecule has 0 unspecified atom stereocenters. The van der Waals surface area contributed by atoms with Gasteiger partial charge in [0.25, 0.3) is 0 Å². The van der Waals surface area contributed by atoms with E-state index < -0.39 is 0 Å². The second kappa shape index (κ2) is 2.53. The van der Waals surface area contributed by atoms with Crippen LogP contribution in [0.25, 0.3) is 11.0 Å². The molecule has 0 amide bonds. The van der Waals surface area contributed by atoms with Gasteiger partial charge in [0.15, 0.2) is 0 Å². The van der Waals surface area contributed by atoms with Gasteiger partial charge >= 0.3 is 0 Å². The van der Waals surface area contributed by atoms with E-state index in [-0.39, 0.29) is 5.75 Å². The highest BCUT2D eigenvalue weighted by Gasteiger charge is 2.03. The number of hydrogen-bond donors (Lipinski definition) is 2. The summed E-state index contributed by atoms with van der Waals surface area (Å²) in [5.74, 6) is 0.209. The van der Waals surface area contributed by atoms with Gasteiger partial charge in [0.2, 0.25) is 0 Å². The summed E-state index contributed by atoms with van der Waals surface area (Å²) in [6, 6.07) is 5.00. The normalized spacial score (nSPS) is 10.8. The number of aromatic hydroxyl groups is 1. The standard InChI is InChI=1S/C9H9NO2/c10-4-6-5-12-9-3-7(11)1-2-8(6)9/h1-3,5,11H,4,10H2. The fraction of sp³-hybridized carbons (Fsp3) is 0.111. The molecule has 0 aliphatic carbocycles. The van der Waals surface area contributed by atoms with Gasteiger partial charge in [-0.1, -0.05) is 0 Å². The molecule has 1 aromatic heterocycles. The predicted molar refractivity (Wildman–Crippen MR) is 45.8 cm³/mol. The van der Waals surface area contributed by atoms with Crippen molar-refractivity contribution in [3.05, 3.63) is 30.0 Å². The van der Waals surface area contributed by atoms with E-state index in [1.165, 1.54) is 0 Å². The topological polar surface area (TPSA) is 59.4 Å². The zero-order chi connectivity index (χ0) is 8.55. The zero-order valence-corrected chi connectivity index (χ0v) is 6.45. The molecule has 3 heteroatoms. The van der Waals surface area contributed by atoms with Crippen LogP contribution >= 0.6 is 0 Å². The third kappa shape index (κ3) is 0.950. The first kappa shape index (κ1) is 7.18. The van der Waals surface area contributed by atoms with Gasteiger partial charge in [-0.15, -0.1) is 0 Å². The van der Waals surface area contributed by atoms with E-state index in [4.69, 9.17) is 15.3 Å². The summed E-state index contributed by atoms with van der Waals surface area (Å²) >= 11 is 0. The van der Waals surface area contributed by atoms with E-state index in [2.05, 4.69) is 0 Å². The van der Waals surface area contributed by atoms with E-state index in [1.54, 1.807) is 24.5 Å². The minimum absolute atomic E-state index is 0.209. The second-order valence-electron chi connectivity index (χ2n) is 2.65. The summed E-state index contributed by atoms with van der Waals surface area (Å²) in [5, 5.41) is 10.1. The van der Waals surface area contributed by atoms with Crippen LogP contribution in [-0.4, -0.2) is 5.11 Å². The Morgan fingerprint density at radius 3 is 3.00 bits per heavy atom. The van der Waals surface area contributed by atoms with Gasteiger partial charge in [-0.2, -0.15) is 0 Å². The largest absolute Gasteiger partial charge is 0.508 e. The predicted octanol–water partition coefficient (Wildman–Crippen LogP) is 1.60. The van der Waals surface area contributed by atoms with Crippen LogP contribution in [-0.2, 0) is 6.54 Å². The van der Waals surface area contributed by atoms with Crippen molar-refractivity contribution in [1.82, 2.24) is 0 Å². The Morgan fingerprint density at radius 1 is 1.42 bits per heavy atom. The Balaban J connectivity index is 2.73. The Hall–Kier alpha value is -1.48. The lowest BCUT2D eigenvalue weighted by Gasteiger charge is -1.92. The van der Waals surface area contributed by atoms with Gasteiger partial charge < -0.3 is 15.3 Å². The molecule has 0 saturated heterocycles. The van der Waals surface area contributed by atoms with E-state index in [0.29, 0.717) is 12.1 Å². The van der Waals surface area contributed by atoms with Crippen molar-refractivity contribution in [1.29, 1.82) is 0 Å². The van der Waals surface area contributed by atoms with Crippen LogP contribution < -0.4 is 5.73 Å². The maximum absolute atomic E-state index is 9.12. The van der Waals surface area contributed by atoms with Crippen LogP contribution in [0, 0.1) is 0 Å². The molecule has 2 aromatic rings. The Morgan fingerprint density at radius 2 is 2.25 bits per heavy atom. The molecule has 0 aliphatic heterocycles. The summed E-state index contributed by atoms with van der Waals surface area (Å²) in [6.07, 6.45) is 1.62. The molecule has 0 saturated carbocycles. The van der Waals surface area contributed by atoms with Crippen LogP contribution in [0.2, 0.25) is 0 Å². The molecule has 1 aromatic carbocycles. The highest BCUT2D eigenvalue weighted by molar-refractivity contribution is 5.82. The number of hydrogen-bond acceptors (Lipinski definition) is 3. The van der Waals surface area contributed by atoms with E-state index in [0.717, 1.165) is 10.9 Å². The zero-order valence-electron chi connectivity index (χ0n) is 6.45. The lowest BCUT2D eigenvalue weighted by atomic mass is 10.2. The van der Waals surface area contributed by atoms with Crippen LogP contribution in [0.5, 0.6) is 5.75 Å². The molecule has 3 N–H and O–H groups in total. The maximum atomic E-state index is 9.12. The van der Waals surface area contributed by atoms with Crippen molar-refractivity contribution in [2.45, 2.75) is 6.54 Å². The van der Waals surface area contributed by atoms with Crippen molar-refractivity contribution in [3.63, 3.8) is 0 Å². The first-order chi connectivity index (χ1) is 5.81. The van der Waals surface area contributed by atoms with E-state index in [1.807, 2.05) is 0 Å². The summed E-state index contributed by atoms with van der Waals surface area (Å²) in [7, 11) is 0. The summed E-state index contributed by atoms with van der Waals surface area (Å²) < 4.78 is 5.18. The van der Waals surface area contributed by atoms with Gasteiger partial charge in [0, 0.05) is 23.6 Å². The molecular formula is C9H9NO2. The monoisotopic (exact) mass is 163 g/mol. The van der Waals surface area contributed by atoms with Crippen LogP contribution in [0.4, 0.5) is 0 Å². The quantitative estimate of drug-likeness (QED) is 0.671. The molecule has 12 heavy (non-hydrogen) atoms. The van der Waals surface area contributed by atoms with Crippen LogP contribution in [0.3, 0.4) is 0 Å². The fourth-order valence-corrected chi connectivity index (χ4v) is 1.23. The number of furan rings is 1. The number of phenolic OH excluding ortho intramolecular Hbond substituents is 1. The minimum Gasteiger partial charge on any atom is -0.508 e.